The van der Waals surface area contributed by atoms with Gasteiger partial charge in [0, 0.05) is 37.3 Å². The molecule has 0 atom stereocenters. The van der Waals surface area contributed by atoms with Gasteiger partial charge in [0.05, 0.1) is 41.9 Å². The van der Waals surface area contributed by atoms with E-state index in [2.05, 4.69) is 25.4 Å². The molecule has 4 heterocycles. The number of nitrogens with zero attached hydrogens (tertiary/aromatic N) is 5. The molecule has 7 rings (SSSR count). The minimum absolute atomic E-state index is 0.165. The van der Waals surface area contributed by atoms with E-state index in [0.717, 1.165) is 49.8 Å². The lowest BCUT2D eigenvalue weighted by Gasteiger charge is -2.33. The Labute approximate surface area is 311 Å². The van der Waals surface area contributed by atoms with Crippen LogP contribution in [0.1, 0.15) is 37.9 Å². The summed E-state index contributed by atoms with van der Waals surface area (Å²) in [6.45, 7) is 10.9. The van der Waals surface area contributed by atoms with Crippen LogP contribution in [0.15, 0.2) is 106 Å². The number of anilines is 1. The normalized spacial score (nSPS) is 14.0. The first kappa shape index (κ1) is 36.0. The second-order valence-electron chi connectivity index (χ2n) is 13.9. The largest absolute Gasteiger partial charge is 0.487 e. The van der Waals surface area contributed by atoms with Gasteiger partial charge in [-0.2, -0.15) is 0 Å². The molecule has 3 aromatic carbocycles. The van der Waals surface area contributed by atoms with E-state index < -0.39 is 11.7 Å². The van der Waals surface area contributed by atoms with E-state index in [1.807, 2.05) is 63.2 Å². The molecule has 1 N–H and O–H groups in total. The SMILES string of the molecule is CC(C)(C)OC(=O)Nc1cc(-c2ccc(CN3CCN(Cc4ccco4)CC3)o2)ccc1-c1cn(-c2ccc(OCc3cccc(F)c3)c(Cl)c2)nn1. The lowest BCUT2D eigenvalue weighted by Crippen LogP contribution is -2.45. The molecule has 0 saturated carbocycles. The number of nitrogens with one attached hydrogen (secondary N) is 1. The van der Waals surface area contributed by atoms with Gasteiger partial charge in [0.2, 0.25) is 0 Å². The maximum atomic E-state index is 13.6. The highest BCUT2D eigenvalue weighted by atomic mass is 35.5. The highest BCUT2D eigenvalue weighted by Gasteiger charge is 2.22. The van der Waals surface area contributed by atoms with Crippen molar-refractivity contribution >= 4 is 23.4 Å². The minimum Gasteiger partial charge on any atom is -0.487 e. The van der Waals surface area contributed by atoms with Gasteiger partial charge in [-0.15, -0.1) is 5.10 Å². The van der Waals surface area contributed by atoms with Crippen LogP contribution < -0.4 is 10.1 Å². The van der Waals surface area contributed by atoms with Gasteiger partial charge >= 0.3 is 6.09 Å². The number of ether oxygens (including phenoxy) is 2. The molecule has 1 amide bonds. The second-order valence-corrected chi connectivity index (χ2v) is 14.3. The molecule has 3 aromatic heterocycles. The zero-order valence-electron chi connectivity index (χ0n) is 29.7. The van der Waals surface area contributed by atoms with E-state index >= 15 is 0 Å². The Hall–Kier alpha value is -5.43. The van der Waals surface area contributed by atoms with Crippen molar-refractivity contribution in [2.45, 2.75) is 46.1 Å². The molecular formula is C40H40ClFN6O5. The van der Waals surface area contributed by atoms with Crippen LogP contribution in [-0.4, -0.2) is 62.7 Å². The monoisotopic (exact) mass is 738 g/mol. The molecule has 53 heavy (non-hydrogen) atoms. The van der Waals surface area contributed by atoms with Crippen LogP contribution in [0.3, 0.4) is 0 Å². The molecule has 6 aromatic rings. The Kier molecular flexibility index (Phi) is 10.6. The van der Waals surface area contributed by atoms with Crippen LogP contribution >= 0.6 is 11.6 Å². The van der Waals surface area contributed by atoms with Gasteiger partial charge in [-0.3, -0.25) is 15.1 Å². The number of piperazine rings is 1. The topological polar surface area (TPSA) is 111 Å². The minimum atomic E-state index is -0.697. The van der Waals surface area contributed by atoms with Gasteiger partial charge in [0.1, 0.15) is 46.7 Å². The third kappa shape index (κ3) is 9.33. The zero-order valence-corrected chi connectivity index (χ0v) is 30.5. The number of rotatable bonds is 11. The van der Waals surface area contributed by atoms with Crippen LogP contribution in [-0.2, 0) is 24.4 Å². The lowest BCUT2D eigenvalue weighted by molar-refractivity contribution is 0.0636. The van der Waals surface area contributed by atoms with Crippen LogP contribution in [0, 0.1) is 5.82 Å². The number of hydrogen-bond acceptors (Lipinski definition) is 9. The molecule has 1 aliphatic heterocycles. The molecule has 0 spiro atoms. The van der Waals surface area contributed by atoms with E-state index in [-0.39, 0.29) is 12.4 Å². The summed E-state index contributed by atoms with van der Waals surface area (Å²) in [5.41, 5.74) is 3.04. The van der Waals surface area contributed by atoms with Crippen molar-refractivity contribution in [1.82, 2.24) is 24.8 Å². The number of carbonyl (C=O) groups is 1. The van der Waals surface area contributed by atoms with Gasteiger partial charge in [0.25, 0.3) is 0 Å². The Bertz CT molecular complexity index is 2170. The highest BCUT2D eigenvalue weighted by molar-refractivity contribution is 6.32. The summed E-state index contributed by atoms with van der Waals surface area (Å²) in [4.78, 5) is 17.8. The van der Waals surface area contributed by atoms with Gasteiger partial charge in [0.15, 0.2) is 0 Å². The van der Waals surface area contributed by atoms with E-state index in [1.165, 1.54) is 12.1 Å². The van der Waals surface area contributed by atoms with E-state index in [0.29, 0.717) is 51.3 Å². The van der Waals surface area contributed by atoms with Crippen molar-refractivity contribution in [3.63, 3.8) is 0 Å². The number of carbonyl (C=O) groups excluding carboxylic acids is 1. The molecule has 0 unspecified atom stereocenters. The number of benzene rings is 3. The molecule has 274 valence electrons. The van der Waals surface area contributed by atoms with Gasteiger partial charge < -0.3 is 18.3 Å². The summed E-state index contributed by atoms with van der Waals surface area (Å²) < 4.78 is 38.4. The quantitative estimate of drug-likeness (QED) is 0.139. The molecule has 0 radical (unpaired) electrons. The van der Waals surface area contributed by atoms with Gasteiger partial charge in [-0.05, 0) is 93.1 Å². The van der Waals surface area contributed by atoms with Crippen molar-refractivity contribution in [2.24, 2.45) is 0 Å². The van der Waals surface area contributed by atoms with Gasteiger partial charge in [-0.1, -0.05) is 35.0 Å². The van der Waals surface area contributed by atoms with Crippen LogP contribution in [0.4, 0.5) is 14.9 Å². The fourth-order valence-electron chi connectivity index (χ4n) is 6.06. The van der Waals surface area contributed by atoms with Crippen molar-refractivity contribution in [2.75, 3.05) is 31.5 Å². The molecule has 11 nitrogen and oxygen atoms in total. The predicted molar refractivity (Wildman–Crippen MR) is 199 cm³/mol. The molecule has 1 aliphatic rings. The molecular weight excluding hydrogens is 699 g/mol. The highest BCUT2D eigenvalue weighted by Crippen LogP contribution is 2.34. The average Bonchev–Trinajstić information content (AvgIpc) is 3.91. The van der Waals surface area contributed by atoms with Crippen LogP contribution in [0.5, 0.6) is 5.75 Å². The number of amides is 1. The lowest BCUT2D eigenvalue weighted by atomic mass is 10.0. The molecule has 1 saturated heterocycles. The summed E-state index contributed by atoms with van der Waals surface area (Å²) in [5, 5.41) is 12.0. The summed E-state index contributed by atoms with van der Waals surface area (Å²) in [6.07, 6.45) is 2.85. The summed E-state index contributed by atoms with van der Waals surface area (Å²) in [5.74, 6) is 2.63. The standard InChI is InChI=1S/C40H40ClFN6O5/c1-40(2,3)53-39(49)43-35-21-28(37-14-11-32(52-37)24-47-17-15-46(16-18-47)23-31-8-5-19-50-31)9-12-33(35)36-25-48(45-44-36)30-10-13-38(34(41)22-30)51-26-27-6-4-7-29(42)20-27/h4-14,19-22,25H,15-18,23-24,26H2,1-3H3,(H,43,49). The average molecular weight is 739 g/mol. The number of furan rings is 2. The van der Waals surface area contributed by atoms with Crippen molar-refractivity contribution in [3.8, 4) is 34.0 Å². The fraction of sp³-hybridized carbons (Fsp3) is 0.275. The molecule has 0 aliphatic carbocycles. The Morgan fingerprint density at radius 2 is 1.72 bits per heavy atom. The summed E-state index contributed by atoms with van der Waals surface area (Å²) >= 11 is 6.56. The van der Waals surface area contributed by atoms with E-state index in [9.17, 15) is 9.18 Å². The van der Waals surface area contributed by atoms with Crippen molar-refractivity contribution < 1.29 is 27.5 Å². The Morgan fingerprint density at radius 1 is 0.925 bits per heavy atom. The van der Waals surface area contributed by atoms with Gasteiger partial charge in [-0.25, -0.2) is 13.9 Å². The number of halogens is 2. The Morgan fingerprint density at radius 3 is 2.43 bits per heavy atom. The predicted octanol–water partition coefficient (Wildman–Crippen LogP) is 8.82. The van der Waals surface area contributed by atoms with Crippen molar-refractivity contribution in [1.29, 1.82) is 0 Å². The second kappa shape index (κ2) is 15.7. The smallest absolute Gasteiger partial charge is 0.412 e. The van der Waals surface area contributed by atoms with Crippen LogP contribution in [0.2, 0.25) is 5.02 Å². The maximum Gasteiger partial charge on any atom is 0.412 e. The van der Waals surface area contributed by atoms with E-state index in [4.69, 9.17) is 29.9 Å². The third-order valence-corrected chi connectivity index (χ3v) is 8.93. The van der Waals surface area contributed by atoms with Crippen LogP contribution in [0.25, 0.3) is 28.3 Å². The van der Waals surface area contributed by atoms with E-state index in [1.54, 1.807) is 47.5 Å². The zero-order chi connectivity index (χ0) is 37.0. The first-order valence-corrected chi connectivity index (χ1v) is 17.7. The summed E-state index contributed by atoms with van der Waals surface area (Å²) in [7, 11) is 0. The fourth-order valence-corrected chi connectivity index (χ4v) is 6.28. The first-order valence-electron chi connectivity index (χ1n) is 17.3. The third-order valence-electron chi connectivity index (χ3n) is 8.64. The molecule has 0 bridgehead atoms. The first-order chi connectivity index (χ1) is 25.5. The maximum absolute atomic E-state index is 13.6. The summed E-state index contributed by atoms with van der Waals surface area (Å²) in [6, 6.07) is 24.9. The Balaban J connectivity index is 1.06. The number of aromatic nitrogens is 3. The molecule has 1 fully saturated rings. The molecule has 13 heteroatoms. The van der Waals surface area contributed by atoms with Crippen molar-refractivity contribution in [3.05, 3.63) is 125 Å². The number of hydrogen-bond donors (Lipinski definition) is 1.